The van der Waals surface area contributed by atoms with E-state index in [-0.39, 0.29) is 12.3 Å². The average Bonchev–Trinajstić information content (AvgIpc) is 3.25. The zero-order valence-corrected chi connectivity index (χ0v) is 14.3. The van der Waals surface area contributed by atoms with Crippen molar-refractivity contribution in [3.05, 3.63) is 27.7 Å². The summed E-state index contributed by atoms with van der Waals surface area (Å²) in [6, 6.07) is 1.91. The van der Waals surface area contributed by atoms with Gasteiger partial charge in [0.15, 0.2) is 0 Å². The summed E-state index contributed by atoms with van der Waals surface area (Å²) in [6.07, 6.45) is 0.640. The first-order chi connectivity index (χ1) is 11.1. The average molecular weight is 349 g/mol. The van der Waals surface area contributed by atoms with Crippen molar-refractivity contribution >= 4 is 33.7 Å². The van der Waals surface area contributed by atoms with E-state index in [1.807, 2.05) is 30.7 Å². The summed E-state index contributed by atoms with van der Waals surface area (Å²) in [7, 11) is 0. The lowest BCUT2D eigenvalue weighted by Gasteiger charge is -1.98. The first-order valence-electron chi connectivity index (χ1n) is 7.10. The molecule has 0 aliphatic heterocycles. The van der Waals surface area contributed by atoms with Crippen LogP contribution in [-0.4, -0.2) is 26.3 Å². The van der Waals surface area contributed by atoms with E-state index in [9.17, 15) is 4.79 Å². The molecule has 7 nitrogen and oxygen atoms in total. The van der Waals surface area contributed by atoms with E-state index in [0.29, 0.717) is 29.3 Å². The van der Waals surface area contributed by atoms with Gasteiger partial charge in [0.05, 0.1) is 0 Å². The van der Waals surface area contributed by atoms with Gasteiger partial charge in [0.25, 0.3) is 0 Å². The molecule has 9 heteroatoms. The van der Waals surface area contributed by atoms with Crippen LogP contribution in [0, 0.1) is 0 Å². The van der Waals surface area contributed by atoms with Crippen LogP contribution in [-0.2, 0) is 11.2 Å². The van der Waals surface area contributed by atoms with Crippen LogP contribution in [0.5, 0.6) is 0 Å². The van der Waals surface area contributed by atoms with Crippen molar-refractivity contribution in [2.24, 2.45) is 0 Å². The Kier molecular flexibility index (Phi) is 4.77. The SMILES string of the molecule is CC(C)c1nnc(NC(=O)CCc2nnc(-c3ccsc3)o2)s1. The molecule has 1 amide bonds. The highest BCUT2D eigenvalue weighted by molar-refractivity contribution is 7.15. The molecule has 0 atom stereocenters. The van der Waals surface area contributed by atoms with Gasteiger partial charge in [-0.3, -0.25) is 4.79 Å². The predicted octanol–water partition coefficient (Wildman–Crippen LogP) is 3.34. The number of anilines is 1. The Morgan fingerprint density at radius 3 is 2.87 bits per heavy atom. The van der Waals surface area contributed by atoms with Crippen molar-refractivity contribution in [1.82, 2.24) is 20.4 Å². The molecule has 23 heavy (non-hydrogen) atoms. The fourth-order valence-electron chi connectivity index (χ4n) is 1.78. The Hall–Kier alpha value is -2.13. The van der Waals surface area contributed by atoms with E-state index in [0.717, 1.165) is 10.6 Å². The number of hydrogen-bond donors (Lipinski definition) is 1. The summed E-state index contributed by atoms with van der Waals surface area (Å²) < 4.78 is 5.54. The van der Waals surface area contributed by atoms with E-state index in [1.165, 1.54) is 11.3 Å². The molecule has 0 aliphatic rings. The van der Waals surface area contributed by atoms with Crippen LogP contribution in [0.4, 0.5) is 5.13 Å². The molecular weight excluding hydrogens is 334 g/mol. The summed E-state index contributed by atoms with van der Waals surface area (Å²) in [5.41, 5.74) is 0.897. The van der Waals surface area contributed by atoms with Gasteiger partial charge in [-0.05, 0) is 11.4 Å². The number of amides is 1. The number of thiophene rings is 1. The molecule has 1 N–H and O–H groups in total. The lowest BCUT2D eigenvalue weighted by Crippen LogP contribution is -2.12. The van der Waals surface area contributed by atoms with Crippen molar-refractivity contribution in [3.63, 3.8) is 0 Å². The molecule has 0 fully saturated rings. The lowest BCUT2D eigenvalue weighted by atomic mass is 10.2. The van der Waals surface area contributed by atoms with Crippen molar-refractivity contribution in [2.45, 2.75) is 32.6 Å². The molecule has 0 saturated carbocycles. The lowest BCUT2D eigenvalue weighted by molar-refractivity contribution is -0.116. The van der Waals surface area contributed by atoms with Crippen molar-refractivity contribution in [2.75, 3.05) is 5.32 Å². The fourth-order valence-corrected chi connectivity index (χ4v) is 3.17. The van der Waals surface area contributed by atoms with Gasteiger partial charge in [0.1, 0.15) is 5.01 Å². The molecule has 120 valence electrons. The second-order valence-electron chi connectivity index (χ2n) is 5.16. The quantitative estimate of drug-likeness (QED) is 0.733. The first kappa shape index (κ1) is 15.8. The van der Waals surface area contributed by atoms with Crippen LogP contribution in [0.2, 0.25) is 0 Å². The zero-order chi connectivity index (χ0) is 16.2. The number of nitrogens with one attached hydrogen (secondary N) is 1. The van der Waals surface area contributed by atoms with Gasteiger partial charge in [-0.1, -0.05) is 25.2 Å². The zero-order valence-electron chi connectivity index (χ0n) is 12.6. The van der Waals surface area contributed by atoms with Crippen LogP contribution in [0.3, 0.4) is 0 Å². The molecule has 3 aromatic rings. The number of hydrogen-bond acceptors (Lipinski definition) is 8. The summed E-state index contributed by atoms with van der Waals surface area (Å²) in [4.78, 5) is 11.9. The maximum Gasteiger partial charge on any atom is 0.248 e. The Labute approximate surface area is 140 Å². The van der Waals surface area contributed by atoms with Gasteiger partial charge >= 0.3 is 0 Å². The Morgan fingerprint density at radius 1 is 1.30 bits per heavy atom. The minimum Gasteiger partial charge on any atom is -0.421 e. The number of nitrogens with zero attached hydrogens (tertiary/aromatic N) is 4. The van der Waals surface area contributed by atoms with Crippen LogP contribution >= 0.6 is 22.7 Å². The Balaban J connectivity index is 1.52. The smallest absolute Gasteiger partial charge is 0.248 e. The monoisotopic (exact) mass is 349 g/mol. The van der Waals surface area contributed by atoms with Crippen LogP contribution in [0.15, 0.2) is 21.2 Å². The molecule has 0 unspecified atom stereocenters. The maximum atomic E-state index is 11.9. The van der Waals surface area contributed by atoms with E-state index < -0.39 is 0 Å². The number of rotatable bonds is 6. The molecule has 0 saturated heterocycles. The van der Waals surface area contributed by atoms with Gasteiger partial charge in [-0.15, -0.1) is 20.4 Å². The maximum absolute atomic E-state index is 11.9. The summed E-state index contributed by atoms with van der Waals surface area (Å²) in [5.74, 6) is 1.08. The van der Waals surface area contributed by atoms with Crippen LogP contribution in [0.25, 0.3) is 11.5 Å². The second kappa shape index (κ2) is 6.97. The predicted molar refractivity (Wildman–Crippen MR) is 88.6 cm³/mol. The molecule has 0 aromatic carbocycles. The standard InChI is InChI=1S/C14H15N5O2S2/c1-8(2)13-18-19-14(23-13)15-10(20)3-4-11-16-17-12(21-11)9-5-6-22-7-9/h5-8H,3-4H2,1-2H3,(H,15,19,20). The molecule has 0 bridgehead atoms. The molecule has 0 radical (unpaired) electrons. The van der Waals surface area contributed by atoms with Crippen molar-refractivity contribution in [1.29, 1.82) is 0 Å². The van der Waals surface area contributed by atoms with Gasteiger partial charge in [-0.2, -0.15) is 11.3 Å². The third-order valence-electron chi connectivity index (χ3n) is 2.98. The van der Waals surface area contributed by atoms with Crippen molar-refractivity contribution < 1.29 is 9.21 Å². The normalized spacial score (nSPS) is 11.1. The van der Waals surface area contributed by atoms with Gasteiger partial charge < -0.3 is 9.73 Å². The van der Waals surface area contributed by atoms with Crippen molar-refractivity contribution in [3.8, 4) is 11.5 Å². The van der Waals surface area contributed by atoms with Crippen LogP contribution < -0.4 is 5.32 Å². The molecule has 3 heterocycles. The largest absolute Gasteiger partial charge is 0.421 e. The van der Waals surface area contributed by atoms with E-state index >= 15 is 0 Å². The second-order valence-corrected chi connectivity index (χ2v) is 6.95. The summed E-state index contributed by atoms with van der Waals surface area (Å²) in [5, 5.41) is 24.0. The van der Waals surface area contributed by atoms with Gasteiger partial charge in [0, 0.05) is 29.7 Å². The highest BCUT2D eigenvalue weighted by Gasteiger charge is 2.13. The molecular formula is C14H15N5O2S2. The third-order valence-corrected chi connectivity index (χ3v) is 4.80. The topological polar surface area (TPSA) is 93.8 Å². The van der Waals surface area contributed by atoms with E-state index in [2.05, 4.69) is 25.7 Å². The molecule has 3 rings (SSSR count). The Morgan fingerprint density at radius 2 is 2.17 bits per heavy atom. The van der Waals surface area contributed by atoms with E-state index in [1.54, 1.807) is 11.3 Å². The van der Waals surface area contributed by atoms with Gasteiger partial charge in [-0.25, -0.2) is 0 Å². The minimum absolute atomic E-state index is 0.147. The summed E-state index contributed by atoms with van der Waals surface area (Å²) >= 11 is 2.95. The molecule has 0 aliphatic carbocycles. The fraction of sp³-hybridized carbons (Fsp3) is 0.357. The number of carbonyl (C=O) groups excluding carboxylic acids is 1. The highest BCUT2D eigenvalue weighted by atomic mass is 32.1. The number of aromatic nitrogens is 4. The van der Waals surface area contributed by atoms with Gasteiger partial charge in [0.2, 0.25) is 22.8 Å². The Bertz CT molecular complexity index is 779. The number of carbonyl (C=O) groups is 1. The summed E-state index contributed by atoms with van der Waals surface area (Å²) in [6.45, 7) is 4.07. The van der Waals surface area contributed by atoms with Crippen LogP contribution in [0.1, 0.15) is 37.1 Å². The van der Waals surface area contributed by atoms with E-state index in [4.69, 9.17) is 4.42 Å². The minimum atomic E-state index is -0.147. The third kappa shape index (κ3) is 3.99. The number of aryl methyl sites for hydroxylation is 1. The molecule has 3 aromatic heterocycles. The molecule has 0 spiro atoms. The first-order valence-corrected chi connectivity index (χ1v) is 8.86. The highest BCUT2D eigenvalue weighted by Crippen LogP contribution is 2.23.